The number of nitro benzene ring substituents is 1. The number of nitro groups is 1. The molecular weight excluding hydrogens is 274 g/mol. The number of nitrogens with one attached hydrogen (secondary N) is 1. The summed E-state index contributed by atoms with van der Waals surface area (Å²) in [5, 5.41) is 13.4. The van der Waals surface area contributed by atoms with Gasteiger partial charge in [-0.15, -0.1) is 0 Å². The van der Waals surface area contributed by atoms with Crippen molar-refractivity contribution in [3.05, 3.63) is 33.9 Å². The third-order valence-electron chi connectivity index (χ3n) is 3.73. The second kappa shape index (κ2) is 6.34. The molecule has 1 fully saturated rings. The summed E-state index contributed by atoms with van der Waals surface area (Å²) in [5.74, 6) is -0.146. The van der Waals surface area contributed by atoms with Gasteiger partial charge in [-0.3, -0.25) is 19.7 Å². The van der Waals surface area contributed by atoms with E-state index in [0.29, 0.717) is 18.5 Å². The van der Waals surface area contributed by atoms with Crippen molar-refractivity contribution in [1.29, 1.82) is 0 Å². The Balaban J connectivity index is 2.26. The van der Waals surface area contributed by atoms with Crippen molar-refractivity contribution in [2.24, 2.45) is 5.92 Å². The highest BCUT2D eigenvalue weighted by Gasteiger charge is 2.26. The Bertz CT molecular complexity index is 573. The monoisotopic (exact) mass is 291 g/mol. The van der Waals surface area contributed by atoms with Crippen LogP contribution >= 0.6 is 0 Å². The number of non-ortho nitro benzene ring substituents is 1. The fourth-order valence-corrected chi connectivity index (χ4v) is 2.65. The Morgan fingerprint density at radius 2 is 2.29 bits per heavy atom. The molecule has 1 aliphatic heterocycles. The molecule has 7 heteroatoms. The molecule has 0 bridgehead atoms. The molecule has 1 aromatic rings. The average molecular weight is 291 g/mol. The summed E-state index contributed by atoms with van der Waals surface area (Å²) in [4.78, 5) is 35.1. The minimum Gasteiger partial charge on any atom is -0.370 e. The molecule has 1 atom stereocenters. The second-order valence-corrected chi connectivity index (χ2v) is 5.02. The van der Waals surface area contributed by atoms with Crippen molar-refractivity contribution in [1.82, 2.24) is 5.32 Å². The Kier molecular flexibility index (Phi) is 4.52. The van der Waals surface area contributed by atoms with Gasteiger partial charge in [0, 0.05) is 43.5 Å². The summed E-state index contributed by atoms with van der Waals surface area (Å²) in [6.45, 7) is 1.24. The van der Waals surface area contributed by atoms with Gasteiger partial charge in [-0.1, -0.05) is 0 Å². The maximum absolute atomic E-state index is 11.7. The quantitative estimate of drug-likeness (QED) is 0.514. The maximum Gasteiger partial charge on any atom is 0.270 e. The Morgan fingerprint density at radius 1 is 1.52 bits per heavy atom. The van der Waals surface area contributed by atoms with Gasteiger partial charge < -0.3 is 10.2 Å². The number of amides is 1. The highest BCUT2D eigenvalue weighted by molar-refractivity contribution is 5.86. The van der Waals surface area contributed by atoms with Crippen LogP contribution in [-0.2, 0) is 4.79 Å². The summed E-state index contributed by atoms with van der Waals surface area (Å²) < 4.78 is 0. The number of piperidine rings is 1. The molecule has 1 amide bonds. The van der Waals surface area contributed by atoms with Crippen molar-refractivity contribution < 1.29 is 14.5 Å². The van der Waals surface area contributed by atoms with Gasteiger partial charge >= 0.3 is 0 Å². The summed E-state index contributed by atoms with van der Waals surface area (Å²) >= 11 is 0. The molecule has 0 spiro atoms. The molecule has 2 rings (SSSR count). The van der Waals surface area contributed by atoms with E-state index in [1.54, 1.807) is 13.1 Å². The molecule has 1 aliphatic rings. The van der Waals surface area contributed by atoms with Crippen LogP contribution in [0.2, 0.25) is 0 Å². The maximum atomic E-state index is 11.7. The first-order valence-corrected chi connectivity index (χ1v) is 6.77. The van der Waals surface area contributed by atoms with Crippen LogP contribution in [0.5, 0.6) is 0 Å². The summed E-state index contributed by atoms with van der Waals surface area (Å²) in [7, 11) is 1.60. The third kappa shape index (κ3) is 3.18. The molecule has 21 heavy (non-hydrogen) atoms. The second-order valence-electron chi connectivity index (χ2n) is 5.02. The summed E-state index contributed by atoms with van der Waals surface area (Å²) in [6, 6.07) is 4.23. The first-order chi connectivity index (χ1) is 10.1. The number of hydrogen-bond donors (Lipinski definition) is 1. The SMILES string of the molecule is CNC(=O)C1CCCN(c2ccc([N+](=O)[O-])cc2C=O)C1. The van der Waals surface area contributed by atoms with Gasteiger partial charge in [0.05, 0.1) is 10.8 Å². The van der Waals surface area contributed by atoms with Crippen molar-refractivity contribution in [3.8, 4) is 0 Å². The predicted molar refractivity (Wildman–Crippen MR) is 77.5 cm³/mol. The lowest BCUT2D eigenvalue weighted by atomic mass is 9.96. The van der Waals surface area contributed by atoms with E-state index in [2.05, 4.69) is 5.32 Å². The van der Waals surface area contributed by atoms with Gasteiger partial charge in [-0.25, -0.2) is 0 Å². The topological polar surface area (TPSA) is 92.6 Å². The number of carbonyl (C=O) groups excluding carboxylic acids is 2. The molecule has 1 heterocycles. The lowest BCUT2D eigenvalue weighted by molar-refractivity contribution is -0.384. The fraction of sp³-hybridized carbons (Fsp3) is 0.429. The average Bonchev–Trinajstić information content (AvgIpc) is 2.53. The van der Waals surface area contributed by atoms with Crippen LogP contribution < -0.4 is 10.2 Å². The number of nitrogens with zero attached hydrogens (tertiary/aromatic N) is 2. The van der Waals surface area contributed by atoms with Crippen LogP contribution in [0, 0.1) is 16.0 Å². The zero-order valence-corrected chi connectivity index (χ0v) is 11.7. The Hall–Kier alpha value is -2.44. The van der Waals surface area contributed by atoms with Crippen molar-refractivity contribution in [2.75, 3.05) is 25.0 Å². The molecule has 0 aliphatic carbocycles. The molecule has 112 valence electrons. The number of aldehydes is 1. The molecule has 0 aromatic heterocycles. The van der Waals surface area contributed by atoms with Gasteiger partial charge in [-0.05, 0) is 18.9 Å². The van der Waals surface area contributed by atoms with E-state index in [4.69, 9.17) is 0 Å². The fourth-order valence-electron chi connectivity index (χ4n) is 2.65. The first-order valence-electron chi connectivity index (χ1n) is 6.77. The minimum atomic E-state index is -0.527. The van der Waals surface area contributed by atoms with E-state index in [1.165, 1.54) is 12.1 Å². The number of hydrogen-bond acceptors (Lipinski definition) is 5. The Labute approximate surface area is 122 Å². The summed E-state index contributed by atoms with van der Waals surface area (Å²) in [5.41, 5.74) is 0.812. The zero-order chi connectivity index (χ0) is 15.4. The van der Waals surface area contributed by atoms with Crippen LogP contribution in [0.4, 0.5) is 11.4 Å². The van der Waals surface area contributed by atoms with Crippen LogP contribution in [0.3, 0.4) is 0 Å². The first kappa shape index (κ1) is 15.0. The van der Waals surface area contributed by atoms with Crippen LogP contribution in [0.15, 0.2) is 18.2 Å². The largest absolute Gasteiger partial charge is 0.370 e. The van der Waals surface area contributed by atoms with E-state index in [1.807, 2.05) is 4.90 Å². The molecular formula is C14H17N3O4. The van der Waals surface area contributed by atoms with E-state index in [-0.39, 0.29) is 23.1 Å². The van der Waals surface area contributed by atoms with E-state index in [9.17, 15) is 19.7 Å². The Morgan fingerprint density at radius 3 is 2.90 bits per heavy atom. The minimum absolute atomic E-state index is 0.0192. The van der Waals surface area contributed by atoms with Crippen molar-refractivity contribution >= 4 is 23.6 Å². The smallest absolute Gasteiger partial charge is 0.270 e. The highest BCUT2D eigenvalue weighted by atomic mass is 16.6. The van der Waals surface area contributed by atoms with Crippen LogP contribution in [-0.4, -0.2) is 37.3 Å². The standard InChI is InChI=1S/C14H17N3O4/c1-15-14(19)10-3-2-6-16(8-10)13-5-4-12(17(20)21)7-11(13)9-18/h4-5,7,9-10H,2-3,6,8H2,1H3,(H,15,19). The molecule has 7 nitrogen and oxygen atoms in total. The molecule has 1 N–H and O–H groups in total. The summed E-state index contributed by atoms with van der Waals surface area (Å²) in [6.07, 6.45) is 2.26. The molecule has 0 saturated carbocycles. The van der Waals surface area contributed by atoms with Gasteiger partial charge in [0.25, 0.3) is 5.69 Å². The third-order valence-corrected chi connectivity index (χ3v) is 3.73. The molecule has 1 saturated heterocycles. The van der Waals surface area contributed by atoms with Crippen molar-refractivity contribution in [2.45, 2.75) is 12.8 Å². The molecule has 0 radical (unpaired) electrons. The normalized spacial score (nSPS) is 18.1. The number of anilines is 1. The zero-order valence-electron chi connectivity index (χ0n) is 11.7. The number of rotatable bonds is 4. The van der Waals surface area contributed by atoms with Crippen molar-refractivity contribution in [3.63, 3.8) is 0 Å². The highest BCUT2D eigenvalue weighted by Crippen LogP contribution is 2.28. The van der Waals surface area contributed by atoms with Gasteiger partial charge in [-0.2, -0.15) is 0 Å². The molecule has 1 aromatic carbocycles. The number of carbonyl (C=O) groups is 2. The lowest BCUT2D eigenvalue weighted by Crippen LogP contribution is -2.42. The van der Waals surface area contributed by atoms with Gasteiger partial charge in [0.15, 0.2) is 6.29 Å². The van der Waals surface area contributed by atoms with E-state index in [0.717, 1.165) is 19.4 Å². The van der Waals surface area contributed by atoms with Crippen LogP contribution in [0.1, 0.15) is 23.2 Å². The van der Waals surface area contributed by atoms with Gasteiger partial charge in [0.2, 0.25) is 5.91 Å². The molecule has 1 unspecified atom stereocenters. The predicted octanol–water partition coefficient (Wildman–Crippen LogP) is 1.37. The van der Waals surface area contributed by atoms with E-state index >= 15 is 0 Å². The van der Waals surface area contributed by atoms with Gasteiger partial charge in [0.1, 0.15) is 0 Å². The number of benzene rings is 1. The van der Waals surface area contributed by atoms with Crippen LogP contribution in [0.25, 0.3) is 0 Å². The lowest BCUT2D eigenvalue weighted by Gasteiger charge is -2.34. The van der Waals surface area contributed by atoms with E-state index < -0.39 is 4.92 Å².